The lowest BCUT2D eigenvalue weighted by atomic mass is 9.85. The van der Waals surface area contributed by atoms with Crippen LogP contribution < -0.4 is 5.11 Å². The van der Waals surface area contributed by atoms with Gasteiger partial charge >= 0.3 is 5.97 Å². The van der Waals surface area contributed by atoms with Gasteiger partial charge in [-0.1, -0.05) is 53.2 Å². The summed E-state index contributed by atoms with van der Waals surface area (Å²) in [5.41, 5.74) is -0.0441. The first-order valence-electron chi connectivity index (χ1n) is 10.1. The summed E-state index contributed by atoms with van der Waals surface area (Å²) in [6.07, 6.45) is 1.80. The van der Waals surface area contributed by atoms with Crippen LogP contribution in [-0.2, 0) is 9.53 Å². The van der Waals surface area contributed by atoms with Crippen molar-refractivity contribution < 1.29 is 19.3 Å². The molecule has 0 amide bonds. The van der Waals surface area contributed by atoms with Crippen molar-refractivity contribution in [3.63, 3.8) is 0 Å². The van der Waals surface area contributed by atoms with Crippen LogP contribution in [0.2, 0.25) is 0 Å². The Labute approximate surface area is 174 Å². The molecule has 0 spiro atoms. The third-order valence-corrected chi connectivity index (χ3v) is 6.03. The smallest absolute Gasteiger partial charge is 0.379 e. The van der Waals surface area contributed by atoms with Gasteiger partial charge in [0.2, 0.25) is 6.21 Å². The molecule has 5 heteroatoms. The summed E-state index contributed by atoms with van der Waals surface area (Å²) in [5, 5.41) is 23.7. The quantitative estimate of drug-likeness (QED) is 0.301. The number of rotatable bonds is 3. The molecule has 1 aliphatic heterocycles. The Bertz CT molecular complexity index is 1370. The monoisotopic (exact) mass is 398 g/mol. The number of hydrogen-bond donors (Lipinski definition) is 0. The van der Waals surface area contributed by atoms with Gasteiger partial charge < -0.3 is 9.84 Å². The van der Waals surface area contributed by atoms with E-state index in [0.29, 0.717) is 0 Å². The molecule has 5 rings (SSSR count). The number of ether oxygens (including phenoxy) is 1. The fourth-order valence-corrected chi connectivity index (χ4v) is 4.51. The second kappa shape index (κ2) is 6.52. The molecule has 0 saturated carbocycles. The zero-order chi connectivity index (χ0) is 21.0. The molecule has 4 aromatic rings. The predicted molar refractivity (Wildman–Crippen MR) is 117 cm³/mol. The fourth-order valence-electron chi connectivity index (χ4n) is 4.51. The van der Waals surface area contributed by atoms with Crippen LogP contribution in [0, 0.1) is 5.41 Å². The highest BCUT2D eigenvalue weighted by Gasteiger charge is 2.51. The zero-order valence-corrected chi connectivity index (χ0v) is 17.2. The molecule has 30 heavy (non-hydrogen) atoms. The molecule has 5 nitrogen and oxygen atoms in total. The number of hydrazone groups is 1. The summed E-state index contributed by atoms with van der Waals surface area (Å²) in [6, 6.07) is 18.0. The maximum absolute atomic E-state index is 12.7. The van der Waals surface area contributed by atoms with Gasteiger partial charge in [-0.05, 0) is 64.3 Å². The Hall–Kier alpha value is -3.47. The molecule has 0 bridgehead atoms. The average Bonchev–Trinajstić information content (AvgIpc) is 2.95. The summed E-state index contributed by atoms with van der Waals surface area (Å²) in [5.74, 6) is -0.764. The highest BCUT2D eigenvalue weighted by atomic mass is 16.5. The zero-order valence-electron chi connectivity index (χ0n) is 17.2. The van der Waals surface area contributed by atoms with Gasteiger partial charge in [0.25, 0.3) is 6.04 Å². The Morgan fingerprint density at radius 2 is 1.77 bits per heavy atom. The second-order valence-electron chi connectivity index (χ2n) is 8.30. The minimum atomic E-state index is -0.956. The number of carbonyl (C=O) groups excluding carboxylic acids is 1. The van der Waals surface area contributed by atoms with E-state index in [2.05, 4.69) is 47.6 Å². The molecule has 0 N–H and O–H groups in total. The van der Waals surface area contributed by atoms with E-state index in [1.807, 2.05) is 12.1 Å². The van der Waals surface area contributed by atoms with Crippen molar-refractivity contribution in [2.75, 3.05) is 6.61 Å². The van der Waals surface area contributed by atoms with Gasteiger partial charge in [0, 0.05) is 11.5 Å². The number of esters is 1. The number of carbonyl (C=O) groups is 1. The first-order valence-corrected chi connectivity index (χ1v) is 10.1. The number of benzene rings is 4. The van der Waals surface area contributed by atoms with Crippen molar-refractivity contribution in [3.8, 4) is 0 Å². The van der Waals surface area contributed by atoms with Crippen molar-refractivity contribution in [2.45, 2.75) is 26.8 Å². The number of hydrogen-bond acceptors (Lipinski definition) is 4. The Kier molecular flexibility index (Phi) is 4.03. The molecule has 0 radical (unpaired) electrons. The first kappa shape index (κ1) is 18.6. The molecule has 4 aromatic carbocycles. The van der Waals surface area contributed by atoms with E-state index in [9.17, 15) is 9.90 Å². The van der Waals surface area contributed by atoms with Crippen molar-refractivity contribution in [1.82, 2.24) is 0 Å². The summed E-state index contributed by atoms with van der Waals surface area (Å²) in [4.78, 5) is 12.7. The highest BCUT2D eigenvalue weighted by Crippen LogP contribution is 2.36. The summed E-state index contributed by atoms with van der Waals surface area (Å²) in [7, 11) is 0. The number of nitrogens with zero attached hydrogens (tertiary/aromatic N) is 2. The van der Waals surface area contributed by atoms with E-state index in [4.69, 9.17) is 4.74 Å². The maximum Gasteiger partial charge on any atom is 0.379 e. The molecular weight excluding hydrogens is 376 g/mol. The lowest BCUT2D eigenvalue weighted by Gasteiger charge is -2.23. The molecule has 0 aliphatic carbocycles. The third-order valence-electron chi connectivity index (χ3n) is 6.03. The molecule has 1 aliphatic rings. The van der Waals surface area contributed by atoms with Crippen LogP contribution in [0.3, 0.4) is 0 Å². The van der Waals surface area contributed by atoms with Crippen LogP contribution >= 0.6 is 0 Å². The van der Waals surface area contributed by atoms with Crippen LogP contribution in [0.15, 0.2) is 59.7 Å². The Balaban J connectivity index is 1.79. The maximum atomic E-state index is 12.7. The summed E-state index contributed by atoms with van der Waals surface area (Å²) in [6.45, 7) is 5.49. The fraction of sp³-hybridized carbons (Fsp3) is 0.240. The Morgan fingerprint density at radius 3 is 2.50 bits per heavy atom. The molecule has 1 heterocycles. The molecule has 0 fully saturated rings. The SMILES string of the molecule is CCOC(=O)[C@H]1/[N+](=C/c2cc3cccc4ccc5cccc2c5c43)N=C([O-])C1(C)C. The van der Waals surface area contributed by atoms with E-state index < -0.39 is 17.4 Å². The molecule has 1 atom stereocenters. The Morgan fingerprint density at radius 1 is 1.10 bits per heavy atom. The normalized spacial score (nSPS) is 19.8. The molecule has 0 saturated heterocycles. The van der Waals surface area contributed by atoms with Gasteiger partial charge in [0.15, 0.2) is 0 Å². The summed E-state index contributed by atoms with van der Waals surface area (Å²) >= 11 is 0. The van der Waals surface area contributed by atoms with E-state index in [0.717, 1.165) is 21.7 Å². The van der Waals surface area contributed by atoms with Crippen molar-refractivity contribution in [3.05, 3.63) is 60.2 Å². The second-order valence-corrected chi connectivity index (χ2v) is 8.30. The lowest BCUT2D eigenvalue weighted by molar-refractivity contribution is -0.555. The van der Waals surface area contributed by atoms with Gasteiger partial charge in [-0.25, -0.2) is 4.79 Å². The lowest BCUT2D eigenvalue weighted by Crippen LogP contribution is -2.46. The predicted octanol–water partition coefficient (Wildman–Crippen LogP) is 3.66. The van der Waals surface area contributed by atoms with E-state index in [-0.39, 0.29) is 12.5 Å². The van der Waals surface area contributed by atoms with E-state index >= 15 is 0 Å². The van der Waals surface area contributed by atoms with Crippen LogP contribution in [0.4, 0.5) is 0 Å². The van der Waals surface area contributed by atoms with Gasteiger partial charge in [-0.2, -0.15) is 0 Å². The van der Waals surface area contributed by atoms with Gasteiger partial charge in [0.1, 0.15) is 0 Å². The van der Waals surface area contributed by atoms with Crippen LogP contribution in [0.25, 0.3) is 32.3 Å². The van der Waals surface area contributed by atoms with E-state index in [1.165, 1.54) is 20.8 Å². The molecule has 150 valence electrons. The molecule has 0 unspecified atom stereocenters. The van der Waals surface area contributed by atoms with Gasteiger partial charge in [0.05, 0.1) is 12.0 Å². The standard InChI is InChI=1S/C25H22N2O3/c1-4-30-23(28)22-25(2,3)24(29)26-27(22)14-18-13-17-9-5-7-15-11-12-16-8-6-10-19(18)21(16)20(15)17/h5-14,22H,4H2,1-3H3/b27-14-/t22-/m1/s1. The van der Waals surface area contributed by atoms with Crippen molar-refractivity contribution in [2.24, 2.45) is 10.5 Å². The topological polar surface area (TPSA) is 64.7 Å². The van der Waals surface area contributed by atoms with Crippen molar-refractivity contribution in [1.29, 1.82) is 0 Å². The molecule has 0 aromatic heterocycles. The minimum absolute atomic E-state index is 0.255. The highest BCUT2D eigenvalue weighted by molar-refractivity contribution is 6.25. The van der Waals surface area contributed by atoms with Gasteiger partial charge in [-0.3, -0.25) is 0 Å². The van der Waals surface area contributed by atoms with Crippen molar-refractivity contribution >= 4 is 50.4 Å². The minimum Gasteiger partial charge on any atom is -0.857 e. The van der Waals surface area contributed by atoms with Crippen LogP contribution in [0.1, 0.15) is 26.3 Å². The largest absolute Gasteiger partial charge is 0.857 e. The summed E-state index contributed by atoms with van der Waals surface area (Å²) < 4.78 is 6.74. The van der Waals surface area contributed by atoms with Gasteiger partial charge in [-0.15, -0.1) is 0 Å². The molecular formula is C25H22N2O3. The third kappa shape index (κ3) is 2.58. The van der Waals surface area contributed by atoms with Crippen LogP contribution in [-0.4, -0.2) is 35.4 Å². The average molecular weight is 398 g/mol. The first-order chi connectivity index (χ1) is 14.4. The van der Waals surface area contributed by atoms with E-state index in [1.54, 1.807) is 27.0 Å². The van der Waals surface area contributed by atoms with Crippen LogP contribution in [0.5, 0.6) is 0 Å².